The second kappa shape index (κ2) is 5.37. The number of benzene rings is 1. The Kier molecular flexibility index (Phi) is 4.13. The third kappa shape index (κ3) is 3.13. The minimum atomic E-state index is -0.833. The average molecular weight is 246 g/mol. The van der Waals surface area contributed by atoms with Gasteiger partial charge >= 0.3 is 6.09 Å². The van der Waals surface area contributed by atoms with Gasteiger partial charge in [0.1, 0.15) is 12.4 Å². The lowest BCUT2D eigenvalue weighted by atomic mass is 10.3. The molecule has 0 aliphatic carbocycles. The minimum Gasteiger partial charge on any atom is -0.506 e. The quantitative estimate of drug-likeness (QED) is 0.636. The Morgan fingerprint density at radius 3 is 3.00 bits per heavy atom. The first-order valence-electron chi connectivity index (χ1n) is 4.27. The number of nitrogens with one attached hydrogen (secondary N) is 1. The van der Waals surface area contributed by atoms with Crippen molar-refractivity contribution in [2.45, 2.75) is 0 Å². The fourth-order valence-electron chi connectivity index (χ4n) is 0.913. The van der Waals surface area contributed by atoms with Crippen molar-refractivity contribution < 1.29 is 19.0 Å². The van der Waals surface area contributed by atoms with Crippen LogP contribution in [0, 0.1) is 5.82 Å². The third-order valence-corrected chi connectivity index (χ3v) is 1.91. The van der Waals surface area contributed by atoms with Gasteiger partial charge < -0.3 is 9.84 Å². The number of carbonyl (C=O) groups excluding carboxylic acids is 1. The predicted molar refractivity (Wildman–Crippen MR) is 58.2 cm³/mol. The highest BCUT2D eigenvalue weighted by Gasteiger charge is 2.11. The molecule has 6 heteroatoms. The number of halogens is 2. The summed E-state index contributed by atoms with van der Waals surface area (Å²) in [5.41, 5.74) is -0.170. The van der Waals surface area contributed by atoms with Crippen LogP contribution in [0.15, 0.2) is 24.8 Å². The van der Waals surface area contributed by atoms with Crippen molar-refractivity contribution in [2.24, 2.45) is 0 Å². The summed E-state index contributed by atoms with van der Waals surface area (Å²) >= 11 is 5.55. The Labute approximate surface area is 96.3 Å². The van der Waals surface area contributed by atoms with E-state index >= 15 is 0 Å². The summed E-state index contributed by atoms with van der Waals surface area (Å²) in [4.78, 5) is 11.1. The molecule has 0 unspecified atom stereocenters. The predicted octanol–water partition coefficient (Wildman–Crippen LogP) is 2.92. The molecule has 16 heavy (non-hydrogen) atoms. The Bertz CT molecular complexity index is 423. The van der Waals surface area contributed by atoms with Gasteiger partial charge in [-0.2, -0.15) is 0 Å². The van der Waals surface area contributed by atoms with E-state index in [0.717, 1.165) is 12.1 Å². The van der Waals surface area contributed by atoms with E-state index in [-0.39, 0.29) is 17.3 Å². The topological polar surface area (TPSA) is 58.6 Å². The number of amides is 1. The van der Waals surface area contributed by atoms with Gasteiger partial charge in [-0.05, 0) is 6.07 Å². The van der Waals surface area contributed by atoms with Crippen LogP contribution >= 0.6 is 11.6 Å². The first-order valence-corrected chi connectivity index (χ1v) is 4.65. The smallest absolute Gasteiger partial charge is 0.412 e. The van der Waals surface area contributed by atoms with E-state index < -0.39 is 17.7 Å². The van der Waals surface area contributed by atoms with Gasteiger partial charge in [0.2, 0.25) is 0 Å². The number of ether oxygens (including phenoxy) is 1. The Morgan fingerprint density at radius 2 is 2.38 bits per heavy atom. The second-order valence-corrected chi connectivity index (χ2v) is 3.20. The molecule has 1 aromatic carbocycles. The van der Waals surface area contributed by atoms with Crippen LogP contribution < -0.4 is 5.32 Å². The fraction of sp³-hybridized carbons (Fsp3) is 0.100. The highest BCUT2D eigenvalue weighted by Crippen LogP contribution is 2.29. The molecule has 0 fully saturated rings. The summed E-state index contributed by atoms with van der Waals surface area (Å²) in [5, 5.41) is 11.1. The monoisotopic (exact) mass is 245 g/mol. The van der Waals surface area contributed by atoms with Gasteiger partial charge in [0.25, 0.3) is 0 Å². The lowest BCUT2D eigenvalue weighted by molar-refractivity contribution is 0.174. The molecule has 0 radical (unpaired) electrons. The summed E-state index contributed by atoms with van der Waals surface area (Å²) in [7, 11) is 0. The molecule has 86 valence electrons. The molecule has 0 aliphatic heterocycles. The van der Waals surface area contributed by atoms with Crippen molar-refractivity contribution in [1.82, 2.24) is 0 Å². The van der Waals surface area contributed by atoms with Gasteiger partial charge in [-0.3, -0.25) is 5.32 Å². The van der Waals surface area contributed by atoms with Crippen molar-refractivity contribution in [3.8, 4) is 5.75 Å². The van der Waals surface area contributed by atoms with E-state index in [1.807, 2.05) is 0 Å². The molecule has 0 saturated carbocycles. The first kappa shape index (κ1) is 12.3. The molecule has 0 atom stereocenters. The van der Waals surface area contributed by atoms with Gasteiger partial charge in [-0.15, -0.1) is 0 Å². The van der Waals surface area contributed by atoms with Crippen LogP contribution in [0.4, 0.5) is 14.9 Å². The Hall–Kier alpha value is -1.75. The van der Waals surface area contributed by atoms with Crippen LogP contribution in [0.2, 0.25) is 5.02 Å². The zero-order chi connectivity index (χ0) is 12.1. The normalized spacial score (nSPS) is 9.62. The van der Waals surface area contributed by atoms with E-state index in [9.17, 15) is 9.18 Å². The molecule has 1 aromatic rings. The van der Waals surface area contributed by atoms with Gasteiger partial charge in [0.15, 0.2) is 5.82 Å². The number of hydrogen-bond donors (Lipinski definition) is 2. The van der Waals surface area contributed by atoms with Crippen molar-refractivity contribution in [1.29, 1.82) is 0 Å². The maximum absolute atomic E-state index is 13.2. The molecule has 2 N–H and O–H groups in total. The van der Waals surface area contributed by atoms with Crippen molar-refractivity contribution in [3.05, 3.63) is 35.6 Å². The maximum Gasteiger partial charge on any atom is 0.412 e. The zero-order valence-electron chi connectivity index (χ0n) is 8.17. The van der Waals surface area contributed by atoms with Crippen molar-refractivity contribution in [3.63, 3.8) is 0 Å². The maximum atomic E-state index is 13.2. The van der Waals surface area contributed by atoms with Gasteiger partial charge in [0.05, 0.1) is 10.7 Å². The first-order chi connectivity index (χ1) is 7.54. The average Bonchev–Trinajstić information content (AvgIpc) is 2.23. The zero-order valence-corrected chi connectivity index (χ0v) is 8.92. The number of rotatable bonds is 3. The van der Waals surface area contributed by atoms with Crippen LogP contribution in [0.1, 0.15) is 0 Å². The molecule has 0 bridgehead atoms. The number of carbonyl (C=O) groups is 1. The highest BCUT2D eigenvalue weighted by atomic mass is 35.5. The van der Waals surface area contributed by atoms with E-state index in [1.54, 1.807) is 0 Å². The summed E-state index contributed by atoms with van der Waals surface area (Å²) in [6, 6.07) is 1.88. The molecular weight excluding hydrogens is 237 g/mol. The van der Waals surface area contributed by atoms with E-state index in [2.05, 4.69) is 16.6 Å². The molecule has 1 rings (SSSR count). The number of phenols is 1. The second-order valence-electron chi connectivity index (χ2n) is 2.80. The van der Waals surface area contributed by atoms with Crippen LogP contribution in [-0.2, 0) is 4.74 Å². The van der Waals surface area contributed by atoms with E-state index in [4.69, 9.17) is 16.7 Å². The number of hydrogen-bond acceptors (Lipinski definition) is 3. The highest BCUT2D eigenvalue weighted by molar-refractivity contribution is 6.32. The third-order valence-electron chi connectivity index (χ3n) is 1.61. The largest absolute Gasteiger partial charge is 0.506 e. The molecule has 0 aromatic heterocycles. The minimum absolute atomic E-state index is 0.0132. The molecule has 0 saturated heterocycles. The van der Waals surface area contributed by atoms with E-state index in [1.165, 1.54) is 6.08 Å². The van der Waals surface area contributed by atoms with Crippen molar-refractivity contribution >= 4 is 23.4 Å². The fourth-order valence-corrected chi connectivity index (χ4v) is 1.08. The number of anilines is 1. The van der Waals surface area contributed by atoms with Gasteiger partial charge in [-0.1, -0.05) is 24.3 Å². The molecule has 0 spiro atoms. The molecular formula is C10H9ClFNO3. The summed E-state index contributed by atoms with van der Waals surface area (Å²) in [5.74, 6) is -1.21. The lowest BCUT2D eigenvalue weighted by Crippen LogP contribution is -2.14. The van der Waals surface area contributed by atoms with Crippen LogP contribution in [0.5, 0.6) is 5.75 Å². The van der Waals surface area contributed by atoms with Crippen LogP contribution in [-0.4, -0.2) is 17.8 Å². The number of phenolic OH excluding ortho intramolecular Hbond substituents is 1. The van der Waals surface area contributed by atoms with Crippen molar-refractivity contribution in [2.75, 3.05) is 11.9 Å². The molecule has 4 nitrogen and oxygen atoms in total. The lowest BCUT2D eigenvalue weighted by Gasteiger charge is -2.07. The Balaban J connectivity index is 2.77. The summed E-state index contributed by atoms with van der Waals surface area (Å²) in [6.07, 6.45) is 0.542. The summed E-state index contributed by atoms with van der Waals surface area (Å²) in [6.45, 7) is 3.36. The van der Waals surface area contributed by atoms with Gasteiger partial charge in [-0.25, -0.2) is 9.18 Å². The number of aromatic hydroxyl groups is 1. The van der Waals surface area contributed by atoms with Gasteiger partial charge in [0, 0.05) is 6.07 Å². The van der Waals surface area contributed by atoms with E-state index in [0.29, 0.717) is 0 Å². The summed E-state index contributed by atoms with van der Waals surface area (Å²) < 4.78 is 17.8. The van der Waals surface area contributed by atoms with Crippen LogP contribution in [0.3, 0.4) is 0 Å². The molecule has 0 aliphatic rings. The molecule has 0 heterocycles. The Morgan fingerprint density at radius 1 is 1.69 bits per heavy atom. The van der Waals surface area contributed by atoms with Crippen LogP contribution in [0.25, 0.3) is 0 Å². The standard InChI is InChI=1S/C10H9ClFNO3/c1-2-3-16-10(15)13-8-4-6(11)9(14)5-7(8)12/h2,4-5,14H,1,3H2,(H,13,15). The SMILES string of the molecule is C=CCOC(=O)Nc1cc(Cl)c(O)cc1F. The molecule has 1 amide bonds.